The molecule has 0 saturated carbocycles. The first-order valence-corrected chi connectivity index (χ1v) is 14.4. The van der Waals surface area contributed by atoms with Gasteiger partial charge >= 0.3 is 24.1 Å². The number of aliphatic hydroxyl groups is 1. The summed E-state index contributed by atoms with van der Waals surface area (Å²) >= 11 is 0. The molecule has 15 heteroatoms. The third kappa shape index (κ3) is 5.12. The van der Waals surface area contributed by atoms with Gasteiger partial charge in [0.15, 0.2) is 9.84 Å². The molecule has 0 spiro atoms. The van der Waals surface area contributed by atoms with Gasteiger partial charge < -0.3 is 15.3 Å². The third-order valence-electron chi connectivity index (χ3n) is 7.94. The Kier molecular flexibility index (Phi) is 7.88. The molecule has 0 aromatic heterocycles. The number of nitrogens with zero attached hydrogens (tertiary/aromatic N) is 1. The molecule has 2 atom stereocenters. The van der Waals surface area contributed by atoms with Crippen molar-refractivity contribution in [3.63, 3.8) is 0 Å². The number of carbonyl (C=O) groups excluding carboxylic acids is 1. The van der Waals surface area contributed by atoms with Crippen molar-refractivity contribution in [2.45, 2.75) is 78.8 Å². The van der Waals surface area contributed by atoms with Crippen LogP contribution >= 0.6 is 0 Å². The van der Waals surface area contributed by atoms with Crippen LogP contribution in [0.15, 0.2) is 47.4 Å². The number of likely N-dealkylation sites (tertiary alicyclic amines) is 1. The van der Waals surface area contributed by atoms with Crippen LogP contribution in [-0.2, 0) is 26.7 Å². The molecular weight excluding hydrogens is 600 g/mol. The Morgan fingerprint density at radius 3 is 2.17 bits per heavy atom. The van der Waals surface area contributed by atoms with Crippen LogP contribution in [0.4, 0.5) is 39.9 Å². The van der Waals surface area contributed by atoms with E-state index in [4.69, 9.17) is 0 Å². The number of sulfone groups is 1. The van der Waals surface area contributed by atoms with E-state index in [2.05, 4.69) is 5.32 Å². The second kappa shape index (κ2) is 10.4. The van der Waals surface area contributed by atoms with Crippen LogP contribution in [0.5, 0.6) is 0 Å². The molecule has 0 unspecified atom stereocenters. The number of fused-ring (bicyclic) bond motifs is 3. The quantitative estimate of drug-likeness (QED) is 0.319. The lowest BCUT2D eigenvalue weighted by Crippen LogP contribution is -2.54. The number of aryl methyl sites for hydroxylation is 1. The van der Waals surface area contributed by atoms with E-state index in [1.54, 1.807) is 0 Å². The van der Waals surface area contributed by atoms with Crippen LogP contribution in [0.1, 0.15) is 49.8 Å². The Morgan fingerprint density at radius 2 is 1.62 bits per heavy atom. The number of hydrogen-bond donors (Lipinski definition) is 2. The van der Waals surface area contributed by atoms with Crippen molar-refractivity contribution in [2.24, 2.45) is 0 Å². The van der Waals surface area contributed by atoms with Gasteiger partial charge in [0.1, 0.15) is 10.6 Å². The molecule has 2 N–H and O–H groups in total. The number of alkyl halides is 7. The summed E-state index contributed by atoms with van der Waals surface area (Å²) in [5.74, 6) is -0.755. The smallest absolute Gasteiger partial charge is 0.390 e. The first-order valence-electron chi connectivity index (χ1n) is 12.9. The molecule has 1 saturated heterocycles. The van der Waals surface area contributed by atoms with Gasteiger partial charge in [-0.1, -0.05) is 18.2 Å². The fourth-order valence-electron chi connectivity index (χ4n) is 5.87. The molecule has 4 rings (SSSR count). The highest BCUT2D eigenvalue weighted by Crippen LogP contribution is 2.56. The van der Waals surface area contributed by atoms with Gasteiger partial charge in [-0.15, -0.1) is 0 Å². The fraction of sp³-hybridized carbons (Fsp3) is 0.519. The SMILES string of the molecule is CC(C)(O)CCNC(=O)N1CC[C@@]2(S(=O)(=O)c3ccc(F)cc3)c3ccc(C(F)(C(F)(F)F)C(F)(F)F)cc3CC[C@@H]12. The minimum absolute atomic E-state index is 0.0245. The van der Waals surface area contributed by atoms with Gasteiger partial charge in [-0.3, -0.25) is 0 Å². The number of hydrogen-bond acceptors (Lipinski definition) is 4. The van der Waals surface area contributed by atoms with Gasteiger partial charge in [0.2, 0.25) is 0 Å². The average molecular weight is 629 g/mol. The van der Waals surface area contributed by atoms with Gasteiger partial charge in [0.25, 0.3) is 0 Å². The third-order valence-corrected chi connectivity index (χ3v) is 10.5. The van der Waals surface area contributed by atoms with E-state index in [-0.39, 0.29) is 60.9 Å². The Bertz CT molecular complexity index is 1440. The molecule has 2 aliphatic rings. The second-order valence-electron chi connectivity index (χ2n) is 11.2. The first-order chi connectivity index (χ1) is 19.2. The maximum absolute atomic E-state index is 14.9. The van der Waals surface area contributed by atoms with Crippen molar-refractivity contribution in [3.05, 3.63) is 65.0 Å². The maximum Gasteiger partial charge on any atom is 0.435 e. The highest BCUT2D eigenvalue weighted by atomic mass is 32.2. The summed E-state index contributed by atoms with van der Waals surface area (Å²) in [4.78, 5) is 14.0. The number of halogens is 8. The lowest BCUT2D eigenvalue weighted by molar-refractivity contribution is -0.348. The molecule has 0 bridgehead atoms. The van der Waals surface area contributed by atoms with Crippen LogP contribution in [0.25, 0.3) is 0 Å². The molecule has 2 aromatic rings. The summed E-state index contributed by atoms with van der Waals surface area (Å²) in [5.41, 5.74) is -8.97. The van der Waals surface area contributed by atoms with Gasteiger partial charge in [0.05, 0.1) is 16.5 Å². The summed E-state index contributed by atoms with van der Waals surface area (Å²) in [6.07, 6.45) is -13.3. The molecule has 1 fully saturated rings. The van der Waals surface area contributed by atoms with Gasteiger partial charge in [-0.05, 0) is 74.9 Å². The lowest BCUT2D eigenvalue weighted by Gasteiger charge is -2.43. The van der Waals surface area contributed by atoms with Crippen molar-refractivity contribution in [2.75, 3.05) is 13.1 Å². The lowest BCUT2D eigenvalue weighted by atomic mass is 9.77. The topological polar surface area (TPSA) is 86.7 Å². The molecule has 42 heavy (non-hydrogen) atoms. The minimum atomic E-state index is -6.36. The summed E-state index contributed by atoms with van der Waals surface area (Å²) in [6.45, 7) is 2.91. The van der Waals surface area contributed by atoms with E-state index in [1.165, 1.54) is 18.7 Å². The van der Waals surface area contributed by atoms with Gasteiger partial charge in [-0.2, -0.15) is 26.3 Å². The van der Waals surface area contributed by atoms with Crippen molar-refractivity contribution in [3.8, 4) is 0 Å². The Hall–Kier alpha value is -2.94. The fourth-order valence-corrected chi connectivity index (χ4v) is 8.24. The molecule has 1 aliphatic heterocycles. The van der Waals surface area contributed by atoms with Crippen LogP contribution in [-0.4, -0.2) is 61.5 Å². The maximum atomic E-state index is 14.9. The number of benzene rings is 2. The molecule has 0 radical (unpaired) electrons. The summed E-state index contributed by atoms with van der Waals surface area (Å²) in [6, 6.07) is 3.33. The summed E-state index contributed by atoms with van der Waals surface area (Å²) in [5, 5.41) is 12.5. The van der Waals surface area contributed by atoms with Crippen molar-refractivity contribution < 1.29 is 53.4 Å². The van der Waals surface area contributed by atoms with Crippen LogP contribution in [0.3, 0.4) is 0 Å². The number of rotatable bonds is 6. The number of urea groups is 1. The molecule has 1 aliphatic carbocycles. The monoisotopic (exact) mass is 628 g/mol. The molecule has 232 valence electrons. The Labute approximate surface area is 236 Å². The Balaban J connectivity index is 1.86. The largest absolute Gasteiger partial charge is 0.435 e. The highest BCUT2D eigenvalue weighted by molar-refractivity contribution is 7.92. The van der Waals surface area contributed by atoms with Crippen LogP contribution in [0, 0.1) is 5.82 Å². The van der Waals surface area contributed by atoms with Gasteiger partial charge in [0, 0.05) is 18.7 Å². The predicted octanol–water partition coefficient (Wildman–Crippen LogP) is 5.68. The number of amides is 2. The zero-order valence-electron chi connectivity index (χ0n) is 22.4. The second-order valence-corrected chi connectivity index (χ2v) is 13.4. The van der Waals surface area contributed by atoms with E-state index in [1.807, 2.05) is 0 Å². The predicted molar refractivity (Wildman–Crippen MR) is 134 cm³/mol. The van der Waals surface area contributed by atoms with Gasteiger partial charge in [-0.25, -0.2) is 22.0 Å². The summed E-state index contributed by atoms with van der Waals surface area (Å²) in [7, 11) is -4.57. The minimum Gasteiger partial charge on any atom is -0.390 e. The van der Waals surface area contributed by atoms with E-state index in [0.717, 1.165) is 30.3 Å². The van der Waals surface area contributed by atoms with E-state index in [0.29, 0.717) is 6.07 Å². The molecule has 2 aromatic carbocycles. The van der Waals surface area contributed by atoms with E-state index >= 15 is 0 Å². The molecular formula is C27H28F8N2O4S. The van der Waals surface area contributed by atoms with Crippen LogP contribution < -0.4 is 5.32 Å². The average Bonchev–Trinajstić information content (AvgIpc) is 3.28. The van der Waals surface area contributed by atoms with Crippen molar-refractivity contribution in [1.29, 1.82) is 0 Å². The zero-order valence-corrected chi connectivity index (χ0v) is 23.2. The van der Waals surface area contributed by atoms with E-state index in [9.17, 15) is 53.4 Å². The molecule has 1 heterocycles. The summed E-state index contributed by atoms with van der Waals surface area (Å²) < 4.78 is 136. The Morgan fingerprint density at radius 1 is 1.02 bits per heavy atom. The first kappa shape index (κ1) is 32.0. The van der Waals surface area contributed by atoms with Crippen molar-refractivity contribution >= 4 is 15.9 Å². The normalized spacial score (nSPS) is 21.6. The number of carbonyl (C=O) groups is 1. The zero-order chi connectivity index (χ0) is 31.5. The van der Waals surface area contributed by atoms with E-state index < -0.39 is 61.7 Å². The van der Waals surface area contributed by atoms with Crippen molar-refractivity contribution in [1.82, 2.24) is 10.2 Å². The molecule has 2 amide bonds. The standard InChI is InChI=1S/C27H28F8N2O4S/c1-23(2,39)11-13-36-22(38)37-14-12-24(42(40,41)19-7-5-18(28)6-8-19)20-9-4-17(15-16(20)3-10-21(24)37)25(29,26(30,31)32)27(33,34)35/h4-9,15,21,39H,3,10-14H2,1-2H3,(H,36,38)/t21-,24-/m1/s1. The van der Waals surface area contributed by atoms with Crippen LogP contribution in [0.2, 0.25) is 0 Å². The molecule has 6 nitrogen and oxygen atoms in total. The highest BCUT2D eigenvalue weighted by Gasteiger charge is 2.73. The number of nitrogens with one attached hydrogen (secondary N) is 1.